The van der Waals surface area contributed by atoms with Crippen LogP contribution in [0.1, 0.15) is 12.6 Å². The van der Waals surface area contributed by atoms with E-state index in [4.69, 9.17) is 4.74 Å². The third-order valence-corrected chi connectivity index (χ3v) is 4.48. The lowest BCUT2D eigenvalue weighted by atomic mass is 10.2. The van der Waals surface area contributed by atoms with E-state index in [0.29, 0.717) is 38.7 Å². The molecule has 3 aromatic heterocycles. The minimum Gasteiger partial charge on any atom is -0.471 e. The molecule has 1 N–H and O–H groups in total. The van der Waals surface area contributed by atoms with Crippen LogP contribution in [0.5, 0.6) is 5.88 Å². The van der Waals surface area contributed by atoms with Crippen LogP contribution >= 0.6 is 0 Å². The summed E-state index contributed by atoms with van der Waals surface area (Å²) in [4.78, 5) is 32.0. The predicted octanol–water partition coefficient (Wildman–Crippen LogP) is 1.66. The van der Waals surface area contributed by atoms with Gasteiger partial charge >= 0.3 is 0 Å². The van der Waals surface area contributed by atoms with Crippen LogP contribution in [0.25, 0.3) is 11.0 Å². The third kappa shape index (κ3) is 5.12. The van der Waals surface area contributed by atoms with E-state index in [2.05, 4.69) is 20.0 Å². The number of ether oxygens (including phenoxy) is 2. The molecule has 9 nitrogen and oxygen atoms in total. The molecule has 3 aromatic rings. The number of hydrogen-bond donors (Lipinski definition) is 1. The summed E-state index contributed by atoms with van der Waals surface area (Å²) < 4.78 is 11.8. The molecule has 30 heavy (non-hydrogen) atoms. The number of nitrogens with zero attached hydrogens (tertiary/aromatic N) is 4. The van der Waals surface area contributed by atoms with Crippen molar-refractivity contribution in [1.82, 2.24) is 19.9 Å². The fourth-order valence-corrected chi connectivity index (χ4v) is 3.07. The van der Waals surface area contributed by atoms with Crippen molar-refractivity contribution in [2.24, 2.45) is 7.05 Å². The van der Waals surface area contributed by atoms with Gasteiger partial charge in [0.25, 0.3) is 6.47 Å². The van der Waals surface area contributed by atoms with Gasteiger partial charge in [0.2, 0.25) is 11.8 Å². The molecule has 0 unspecified atom stereocenters. The van der Waals surface area contributed by atoms with E-state index in [1.165, 1.54) is 0 Å². The molecule has 1 saturated heterocycles. The molecule has 0 saturated carbocycles. The molecule has 0 aliphatic carbocycles. The number of rotatable bonds is 6. The van der Waals surface area contributed by atoms with Crippen molar-refractivity contribution in [2.45, 2.75) is 13.5 Å². The Labute approximate surface area is 174 Å². The maximum atomic E-state index is 12.2. The van der Waals surface area contributed by atoms with Crippen molar-refractivity contribution < 1.29 is 19.1 Å². The molecule has 0 atom stereocenters. The summed E-state index contributed by atoms with van der Waals surface area (Å²) in [5.41, 5.74) is 2.54. The molecular formula is C21H25N5O4. The molecule has 9 heteroatoms. The van der Waals surface area contributed by atoms with Crippen molar-refractivity contribution in [2.75, 3.05) is 31.1 Å². The quantitative estimate of drug-likeness (QED) is 0.616. The fraction of sp³-hybridized carbons (Fsp3) is 0.333. The molecule has 1 fully saturated rings. The zero-order valence-electron chi connectivity index (χ0n) is 17.1. The maximum absolute atomic E-state index is 12.2. The van der Waals surface area contributed by atoms with Gasteiger partial charge < -0.3 is 24.3 Å². The third-order valence-electron chi connectivity index (χ3n) is 4.48. The molecule has 158 valence electrons. The highest BCUT2D eigenvalue weighted by molar-refractivity contribution is 6.03. The molecule has 0 radical (unpaired) electrons. The van der Waals surface area contributed by atoms with E-state index in [1.54, 1.807) is 13.1 Å². The molecular weight excluding hydrogens is 386 g/mol. The first-order chi connectivity index (χ1) is 14.6. The van der Waals surface area contributed by atoms with Crippen molar-refractivity contribution >= 4 is 29.1 Å². The summed E-state index contributed by atoms with van der Waals surface area (Å²) in [6, 6.07) is 9.50. The molecule has 1 aliphatic rings. The largest absolute Gasteiger partial charge is 0.471 e. The fourth-order valence-electron chi connectivity index (χ4n) is 3.07. The smallest absolute Gasteiger partial charge is 0.293 e. The van der Waals surface area contributed by atoms with Gasteiger partial charge in [0.05, 0.1) is 24.5 Å². The van der Waals surface area contributed by atoms with Crippen LogP contribution in [0.4, 0.5) is 5.69 Å². The first-order valence-electron chi connectivity index (χ1n) is 9.69. The Bertz CT molecular complexity index is 990. The number of anilines is 1. The highest BCUT2D eigenvalue weighted by Crippen LogP contribution is 2.29. The number of aryl methyl sites for hydroxylation is 1. The Morgan fingerprint density at radius 2 is 2.13 bits per heavy atom. The number of hydrogen-bond acceptors (Lipinski definition) is 7. The SMILES string of the molecule is CCOC=O.Cn1cc(N2CCNCC2=O)c2ccc(OCc3ccccn3)nc21. The van der Waals surface area contributed by atoms with Gasteiger partial charge in [0.1, 0.15) is 12.3 Å². The van der Waals surface area contributed by atoms with Crippen LogP contribution in [-0.2, 0) is 28.0 Å². The molecule has 0 bridgehead atoms. The monoisotopic (exact) mass is 411 g/mol. The second-order valence-corrected chi connectivity index (χ2v) is 6.53. The standard InChI is InChI=1S/C18H19N5O2.C3H6O2/c1-22-11-15(23-9-8-19-10-17(23)24)14-5-6-16(21-18(14)22)25-12-13-4-2-3-7-20-13;1-2-5-3-4/h2-7,11,19H,8-10,12H2,1H3;3H,2H2,1H3. The van der Waals surface area contributed by atoms with Gasteiger partial charge in [-0.2, -0.15) is 4.98 Å². The summed E-state index contributed by atoms with van der Waals surface area (Å²) in [6.07, 6.45) is 3.69. The Hall–Kier alpha value is -3.46. The number of nitrogens with one attached hydrogen (secondary N) is 1. The van der Waals surface area contributed by atoms with Gasteiger partial charge in [-0.3, -0.25) is 14.6 Å². The molecule has 1 amide bonds. The second-order valence-electron chi connectivity index (χ2n) is 6.53. The van der Waals surface area contributed by atoms with Crippen LogP contribution in [0.3, 0.4) is 0 Å². The Balaban J connectivity index is 0.000000461. The summed E-state index contributed by atoms with van der Waals surface area (Å²) in [5, 5.41) is 4.04. The minimum absolute atomic E-state index is 0.0780. The van der Waals surface area contributed by atoms with E-state index in [-0.39, 0.29) is 5.91 Å². The first kappa shape index (κ1) is 21.3. The molecule has 1 aliphatic heterocycles. The van der Waals surface area contributed by atoms with E-state index in [0.717, 1.165) is 29.0 Å². The Kier molecular flexibility index (Phi) is 7.34. The highest BCUT2D eigenvalue weighted by atomic mass is 16.5. The van der Waals surface area contributed by atoms with Gasteiger partial charge in [-0.15, -0.1) is 0 Å². The van der Waals surface area contributed by atoms with Gasteiger partial charge in [-0.05, 0) is 25.1 Å². The number of carbonyl (C=O) groups excluding carboxylic acids is 2. The second kappa shape index (κ2) is 10.4. The molecule has 4 heterocycles. The van der Waals surface area contributed by atoms with Crippen molar-refractivity contribution in [3.05, 3.63) is 48.4 Å². The van der Waals surface area contributed by atoms with Crippen LogP contribution in [0, 0.1) is 0 Å². The van der Waals surface area contributed by atoms with Crippen molar-refractivity contribution in [3.63, 3.8) is 0 Å². The summed E-state index contributed by atoms with van der Waals surface area (Å²) >= 11 is 0. The number of amides is 1. The van der Waals surface area contributed by atoms with Crippen LogP contribution in [0.15, 0.2) is 42.7 Å². The molecule has 0 spiro atoms. The van der Waals surface area contributed by atoms with Gasteiger partial charge in [0.15, 0.2) is 0 Å². The van der Waals surface area contributed by atoms with Crippen molar-refractivity contribution in [3.8, 4) is 5.88 Å². The number of aromatic nitrogens is 3. The lowest BCUT2D eigenvalue weighted by Crippen LogP contribution is -2.48. The van der Waals surface area contributed by atoms with E-state index in [9.17, 15) is 9.59 Å². The predicted molar refractivity (Wildman–Crippen MR) is 112 cm³/mol. The minimum atomic E-state index is 0.0780. The average Bonchev–Trinajstić information content (AvgIpc) is 3.10. The molecule has 0 aromatic carbocycles. The van der Waals surface area contributed by atoms with E-state index >= 15 is 0 Å². The van der Waals surface area contributed by atoms with Crippen LogP contribution in [-0.4, -0.2) is 53.2 Å². The Morgan fingerprint density at radius 1 is 1.27 bits per heavy atom. The van der Waals surface area contributed by atoms with E-state index < -0.39 is 0 Å². The lowest BCUT2D eigenvalue weighted by molar-refractivity contribution is -0.128. The summed E-state index contributed by atoms with van der Waals surface area (Å²) in [5.74, 6) is 0.617. The number of fused-ring (bicyclic) bond motifs is 1. The van der Waals surface area contributed by atoms with Crippen molar-refractivity contribution in [1.29, 1.82) is 0 Å². The Morgan fingerprint density at radius 3 is 2.80 bits per heavy atom. The zero-order chi connectivity index (χ0) is 21.3. The lowest BCUT2D eigenvalue weighted by Gasteiger charge is -2.26. The van der Waals surface area contributed by atoms with Gasteiger partial charge in [-0.25, -0.2) is 0 Å². The first-order valence-corrected chi connectivity index (χ1v) is 9.69. The highest BCUT2D eigenvalue weighted by Gasteiger charge is 2.23. The van der Waals surface area contributed by atoms with E-state index in [1.807, 2.05) is 53.0 Å². The summed E-state index contributed by atoms with van der Waals surface area (Å²) in [7, 11) is 1.92. The van der Waals surface area contributed by atoms with Crippen LogP contribution < -0.4 is 15.0 Å². The zero-order valence-corrected chi connectivity index (χ0v) is 17.1. The number of piperazine rings is 1. The number of pyridine rings is 2. The van der Waals surface area contributed by atoms with Crippen LogP contribution in [0.2, 0.25) is 0 Å². The molecule has 4 rings (SSSR count). The normalized spacial score (nSPS) is 13.5. The van der Waals surface area contributed by atoms with Gasteiger partial charge in [0, 0.05) is 44.0 Å². The van der Waals surface area contributed by atoms with Gasteiger partial charge in [-0.1, -0.05) is 6.07 Å². The number of carbonyl (C=O) groups is 2. The summed E-state index contributed by atoms with van der Waals surface area (Å²) in [6.45, 7) is 4.86. The topological polar surface area (TPSA) is 98.6 Å². The maximum Gasteiger partial charge on any atom is 0.293 e. The average molecular weight is 411 g/mol.